The van der Waals surface area contributed by atoms with E-state index in [9.17, 15) is 4.79 Å². The molecule has 0 rings (SSSR count). The minimum atomic E-state index is -0.555. The lowest BCUT2D eigenvalue weighted by atomic mass is 10.5. The van der Waals surface area contributed by atoms with Crippen molar-refractivity contribution in [2.75, 3.05) is 6.61 Å². The molecule has 0 aliphatic carbocycles. The molecule has 0 heterocycles. The lowest BCUT2D eigenvalue weighted by molar-refractivity contribution is -0.172. The fourth-order valence-corrected chi connectivity index (χ4v) is 0.560. The van der Waals surface area contributed by atoms with Gasteiger partial charge in [-0.2, -0.15) is 5.26 Å². The van der Waals surface area contributed by atoms with E-state index in [4.69, 9.17) is 10.00 Å². The van der Waals surface area contributed by atoms with Gasteiger partial charge in [-0.1, -0.05) is 0 Å². The van der Waals surface area contributed by atoms with Crippen LogP contribution < -0.4 is 0 Å². The zero-order chi connectivity index (χ0) is 8.69. The number of rotatable bonds is 4. The van der Waals surface area contributed by atoms with E-state index in [-0.39, 0.29) is 6.42 Å². The maximum absolute atomic E-state index is 10.6. The summed E-state index contributed by atoms with van der Waals surface area (Å²) in [5.74, 6) is -0.548. The van der Waals surface area contributed by atoms with Crippen LogP contribution in [0.1, 0.15) is 20.3 Å². The molecule has 0 bridgehead atoms. The Morgan fingerprint density at radius 1 is 1.73 bits per heavy atom. The van der Waals surface area contributed by atoms with Gasteiger partial charge in [0, 0.05) is 6.61 Å². The summed E-state index contributed by atoms with van der Waals surface area (Å²) in [6.45, 7) is 3.90. The molecular formula is C7H11NO3. The maximum Gasteiger partial charge on any atom is 0.322 e. The molecule has 0 fully saturated rings. The third-order valence-electron chi connectivity index (χ3n) is 0.922. The molecule has 0 N–H and O–H groups in total. The van der Waals surface area contributed by atoms with Gasteiger partial charge in [-0.25, -0.2) is 0 Å². The van der Waals surface area contributed by atoms with E-state index in [0.29, 0.717) is 6.61 Å². The van der Waals surface area contributed by atoms with Gasteiger partial charge in [0.05, 0.1) is 6.07 Å². The predicted octanol–water partition coefficient (Wildman–Crippen LogP) is 0.826. The molecule has 0 spiro atoms. The number of carbonyl (C=O) groups is 1. The lowest BCUT2D eigenvalue weighted by Crippen LogP contribution is -2.17. The second kappa shape index (κ2) is 5.69. The third-order valence-corrected chi connectivity index (χ3v) is 0.922. The van der Waals surface area contributed by atoms with E-state index in [1.54, 1.807) is 19.9 Å². The van der Waals surface area contributed by atoms with Crippen LogP contribution in [0.3, 0.4) is 0 Å². The van der Waals surface area contributed by atoms with Gasteiger partial charge in [0.2, 0.25) is 0 Å². The summed E-state index contributed by atoms with van der Waals surface area (Å²) in [5, 5.41) is 8.09. The zero-order valence-electron chi connectivity index (χ0n) is 6.66. The first-order valence-corrected chi connectivity index (χ1v) is 3.38. The van der Waals surface area contributed by atoms with Crippen LogP contribution >= 0.6 is 0 Å². The van der Waals surface area contributed by atoms with Crippen LogP contribution in [-0.2, 0) is 14.3 Å². The summed E-state index contributed by atoms with van der Waals surface area (Å²) in [5.41, 5.74) is 0. The Labute approximate surface area is 65.7 Å². The Morgan fingerprint density at radius 3 is 2.82 bits per heavy atom. The molecule has 0 aliphatic rings. The fourth-order valence-electron chi connectivity index (χ4n) is 0.560. The standard InChI is InChI=1S/C7H11NO3/c1-3-10-6(2)11-7(9)4-5-8/h6H,3-4H2,1-2H3. The van der Waals surface area contributed by atoms with Crippen LogP contribution in [0.5, 0.6) is 0 Å². The fraction of sp³-hybridized carbons (Fsp3) is 0.714. The molecule has 1 unspecified atom stereocenters. The molecule has 0 aromatic rings. The Hall–Kier alpha value is -1.08. The number of hydrogen-bond donors (Lipinski definition) is 0. The van der Waals surface area contributed by atoms with Gasteiger partial charge in [0.15, 0.2) is 6.29 Å². The van der Waals surface area contributed by atoms with E-state index in [1.165, 1.54) is 0 Å². The lowest BCUT2D eigenvalue weighted by Gasteiger charge is -2.10. The highest BCUT2D eigenvalue weighted by Gasteiger charge is 2.07. The molecule has 0 aliphatic heterocycles. The maximum atomic E-state index is 10.6. The first-order chi connectivity index (χ1) is 5.20. The van der Waals surface area contributed by atoms with Gasteiger partial charge >= 0.3 is 5.97 Å². The molecule has 62 valence electrons. The first kappa shape index (κ1) is 9.92. The van der Waals surface area contributed by atoms with E-state index in [1.807, 2.05) is 0 Å². The first-order valence-electron chi connectivity index (χ1n) is 3.38. The van der Waals surface area contributed by atoms with Crippen molar-refractivity contribution in [3.63, 3.8) is 0 Å². The molecule has 4 nitrogen and oxygen atoms in total. The third kappa shape index (κ3) is 5.37. The number of esters is 1. The van der Waals surface area contributed by atoms with Crippen molar-refractivity contribution in [2.24, 2.45) is 0 Å². The molecular weight excluding hydrogens is 146 g/mol. The average Bonchev–Trinajstić information content (AvgIpc) is 1.87. The van der Waals surface area contributed by atoms with Crippen LogP contribution in [0.2, 0.25) is 0 Å². The van der Waals surface area contributed by atoms with Crippen LogP contribution in [0, 0.1) is 11.3 Å². The largest absolute Gasteiger partial charge is 0.435 e. The van der Waals surface area contributed by atoms with E-state index in [2.05, 4.69) is 4.74 Å². The topological polar surface area (TPSA) is 59.3 Å². The SMILES string of the molecule is CCOC(C)OC(=O)CC#N. The second-order valence-electron chi connectivity index (χ2n) is 1.85. The van der Waals surface area contributed by atoms with Crippen molar-refractivity contribution < 1.29 is 14.3 Å². The van der Waals surface area contributed by atoms with Crippen LogP contribution in [-0.4, -0.2) is 18.9 Å². The van der Waals surface area contributed by atoms with Crippen molar-refractivity contribution in [3.05, 3.63) is 0 Å². The Bertz CT molecular complexity index is 162. The minimum Gasteiger partial charge on any atom is -0.435 e. The summed E-state index contributed by atoms with van der Waals surface area (Å²) in [7, 11) is 0. The molecule has 11 heavy (non-hydrogen) atoms. The van der Waals surface area contributed by atoms with Crippen LogP contribution in [0.4, 0.5) is 0 Å². The highest BCUT2D eigenvalue weighted by molar-refractivity contribution is 5.71. The normalized spacial score (nSPS) is 11.7. The van der Waals surface area contributed by atoms with Gasteiger partial charge in [0.1, 0.15) is 6.42 Å². The zero-order valence-corrected chi connectivity index (χ0v) is 6.66. The number of nitriles is 1. The summed E-state index contributed by atoms with van der Waals surface area (Å²) < 4.78 is 9.55. The monoisotopic (exact) mass is 157 g/mol. The molecule has 1 atom stereocenters. The van der Waals surface area contributed by atoms with Gasteiger partial charge < -0.3 is 9.47 Å². The molecule has 4 heteroatoms. The van der Waals surface area contributed by atoms with Crippen molar-refractivity contribution in [1.29, 1.82) is 5.26 Å². The number of nitrogens with zero attached hydrogens (tertiary/aromatic N) is 1. The molecule has 0 amide bonds. The van der Waals surface area contributed by atoms with E-state index < -0.39 is 12.3 Å². The Kier molecular flexibility index (Phi) is 5.13. The van der Waals surface area contributed by atoms with Crippen LogP contribution in [0.15, 0.2) is 0 Å². The number of hydrogen-bond acceptors (Lipinski definition) is 4. The highest BCUT2D eigenvalue weighted by atomic mass is 16.7. The molecule has 0 aromatic carbocycles. The summed E-state index contributed by atoms with van der Waals surface area (Å²) in [6, 6.07) is 1.68. The van der Waals surface area contributed by atoms with E-state index in [0.717, 1.165) is 0 Å². The minimum absolute atomic E-state index is 0.225. The molecule has 0 saturated carbocycles. The van der Waals surface area contributed by atoms with Crippen molar-refractivity contribution >= 4 is 5.97 Å². The number of carbonyl (C=O) groups excluding carboxylic acids is 1. The van der Waals surface area contributed by atoms with Gasteiger partial charge in [-0.15, -0.1) is 0 Å². The van der Waals surface area contributed by atoms with Gasteiger partial charge in [0.25, 0.3) is 0 Å². The average molecular weight is 157 g/mol. The molecule has 0 radical (unpaired) electrons. The van der Waals surface area contributed by atoms with Crippen LogP contribution in [0.25, 0.3) is 0 Å². The summed E-state index contributed by atoms with van der Waals surface area (Å²) >= 11 is 0. The Morgan fingerprint density at radius 2 is 2.36 bits per heavy atom. The van der Waals surface area contributed by atoms with Crippen molar-refractivity contribution in [1.82, 2.24) is 0 Å². The summed E-state index contributed by atoms with van der Waals surface area (Å²) in [4.78, 5) is 10.6. The van der Waals surface area contributed by atoms with Crippen molar-refractivity contribution in [2.45, 2.75) is 26.6 Å². The van der Waals surface area contributed by atoms with Gasteiger partial charge in [-0.3, -0.25) is 4.79 Å². The highest BCUT2D eigenvalue weighted by Crippen LogP contribution is 1.95. The van der Waals surface area contributed by atoms with E-state index >= 15 is 0 Å². The van der Waals surface area contributed by atoms with Crippen molar-refractivity contribution in [3.8, 4) is 6.07 Å². The summed E-state index contributed by atoms with van der Waals surface area (Å²) in [6.07, 6.45) is -0.780. The predicted molar refractivity (Wildman–Crippen MR) is 37.4 cm³/mol. The number of ether oxygens (including phenoxy) is 2. The molecule has 0 aromatic heterocycles. The second-order valence-corrected chi connectivity index (χ2v) is 1.85. The smallest absolute Gasteiger partial charge is 0.322 e. The van der Waals surface area contributed by atoms with Gasteiger partial charge in [-0.05, 0) is 13.8 Å². The molecule has 0 saturated heterocycles. The quantitative estimate of drug-likeness (QED) is 0.448. The Balaban J connectivity index is 3.50.